The fourth-order valence-electron chi connectivity index (χ4n) is 4.18. The second-order valence-corrected chi connectivity index (χ2v) is 9.42. The van der Waals surface area contributed by atoms with Crippen molar-refractivity contribution in [3.8, 4) is 17.6 Å². The third-order valence-corrected chi connectivity index (χ3v) is 6.31. The lowest BCUT2D eigenvalue weighted by Crippen LogP contribution is -2.17. The Balaban J connectivity index is 1.41. The predicted octanol–water partition coefficient (Wildman–Crippen LogP) is 5.52. The highest BCUT2D eigenvalue weighted by Gasteiger charge is 2.32. The minimum atomic E-state index is -4.69. The number of imidazole rings is 1. The van der Waals surface area contributed by atoms with Gasteiger partial charge in [0.05, 0.1) is 34.9 Å². The minimum Gasteiger partial charge on any atom is -0.492 e. The molecule has 5 rings (SSSR count). The van der Waals surface area contributed by atoms with E-state index in [1.54, 1.807) is 43.2 Å². The van der Waals surface area contributed by atoms with Gasteiger partial charge in [0.15, 0.2) is 5.65 Å². The number of H-pyrrole nitrogens is 1. The molecule has 0 bridgehead atoms. The summed E-state index contributed by atoms with van der Waals surface area (Å²) in [6.45, 7) is 2.14. The lowest BCUT2D eigenvalue weighted by atomic mass is 10.0. The van der Waals surface area contributed by atoms with Gasteiger partial charge in [-0.05, 0) is 61.9 Å². The average Bonchev–Trinajstić information content (AvgIpc) is 3.63. The molecule has 2 aromatic carbocycles. The Bertz CT molecular complexity index is 1840. The van der Waals surface area contributed by atoms with Gasteiger partial charge < -0.3 is 20.7 Å². The third kappa shape index (κ3) is 6.77. The summed E-state index contributed by atoms with van der Waals surface area (Å²) in [6, 6.07) is 8.93. The Morgan fingerprint density at radius 3 is 2.70 bits per heavy atom. The summed E-state index contributed by atoms with van der Waals surface area (Å²) in [5, 5.41) is 15.0. The standard InChI is InChI=1S/C30H25F4N7O2/c1-18-10-26(31)25(29(42)40-21-12-20(30(32,33)34)13-24(14-21)43-9-7-35-2)11-19(18)5-6-23-17-36-28-27(4-3-8-41(23)28)39-22-15-37-38-16-22/h3-4,8,10-17,35,39H,7,9H2,1-2H3,(H,37,38)(H,40,42). The average molecular weight is 592 g/mol. The van der Waals surface area contributed by atoms with E-state index >= 15 is 0 Å². The zero-order valence-electron chi connectivity index (χ0n) is 22.9. The summed E-state index contributed by atoms with van der Waals surface area (Å²) in [7, 11) is 1.67. The van der Waals surface area contributed by atoms with E-state index in [0.29, 0.717) is 29.0 Å². The van der Waals surface area contributed by atoms with Crippen molar-refractivity contribution in [2.45, 2.75) is 13.1 Å². The molecular formula is C30H25F4N7O2. The highest BCUT2D eigenvalue weighted by molar-refractivity contribution is 6.05. The lowest BCUT2D eigenvalue weighted by molar-refractivity contribution is -0.137. The number of benzene rings is 2. The fraction of sp³-hybridized carbons (Fsp3) is 0.167. The van der Waals surface area contributed by atoms with E-state index in [2.05, 4.69) is 43.0 Å². The van der Waals surface area contributed by atoms with Gasteiger partial charge in [0.1, 0.15) is 23.9 Å². The van der Waals surface area contributed by atoms with Crippen molar-refractivity contribution in [3.05, 3.63) is 101 Å². The number of pyridine rings is 1. The van der Waals surface area contributed by atoms with Crippen LogP contribution in [0.2, 0.25) is 0 Å². The van der Waals surface area contributed by atoms with Gasteiger partial charge in [-0.25, -0.2) is 9.37 Å². The molecule has 0 aliphatic rings. The van der Waals surface area contributed by atoms with E-state index in [4.69, 9.17) is 4.74 Å². The van der Waals surface area contributed by atoms with Gasteiger partial charge in [0.2, 0.25) is 0 Å². The van der Waals surface area contributed by atoms with Gasteiger partial charge in [0.25, 0.3) is 5.91 Å². The Morgan fingerprint density at radius 1 is 1.12 bits per heavy atom. The van der Waals surface area contributed by atoms with Crippen LogP contribution in [0.1, 0.15) is 32.7 Å². The van der Waals surface area contributed by atoms with Crippen LogP contribution in [0.15, 0.2) is 67.3 Å². The number of ether oxygens (including phenoxy) is 1. The first-order valence-corrected chi connectivity index (χ1v) is 13.0. The number of likely N-dealkylation sites (N-methyl/N-ethyl adjacent to an activating group) is 1. The molecule has 1 amide bonds. The van der Waals surface area contributed by atoms with Crippen molar-refractivity contribution in [3.63, 3.8) is 0 Å². The Morgan fingerprint density at radius 2 is 1.95 bits per heavy atom. The lowest BCUT2D eigenvalue weighted by Gasteiger charge is -2.14. The summed E-state index contributed by atoms with van der Waals surface area (Å²) in [5.74, 6) is 4.09. The van der Waals surface area contributed by atoms with Crippen LogP contribution >= 0.6 is 0 Å². The van der Waals surface area contributed by atoms with E-state index < -0.39 is 23.5 Å². The van der Waals surface area contributed by atoms with Gasteiger partial charge in [-0.15, -0.1) is 0 Å². The SMILES string of the molecule is CNCCOc1cc(NC(=O)c2cc(C#Cc3cnc4c(Nc5cn[nH]c5)cccn34)c(C)cc2F)cc(C(F)(F)F)c1. The highest BCUT2D eigenvalue weighted by Crippen LogP contribution is 2.34. The molecule has 0 unspecified atom stereocenters. The van der Waals surface area contributed by atoms with E-state index in [1.165, 1.54) is 12.1 Å². The molecule has 43 heavy (non-hydrogen) atoms. The number of aryl methyl sites for hydroxylation is 1. The largest absolute Gasteiger partial charge is 0.492 e. The third-order valence-electron chi connectivity index (χ3n) is 6.31. The van der Waals surface area contributed by atoms with Crippen molar-refractivity contribution in [2.24, 2.45) is 0 Å². The number of amides is 1. The maximum absolute atomic E-state index is 14.9. The van der Waals surface area contributed by atoms with Crippen LogP contribution < -0.4 is 20.7 Å². The van der Waals surface area contributed by atoms with Crippen molar-refractivity contribution in [2.75, 3.05) is 30.8 Å². The molecule has 13 heteroatoms. The normalized spacial score (nSPS) is 11.2. The molecule has 5 aromatic rings. The molecule has 0 radical (unpaired) electrons. The molecule has 0 fully saturated rings. The van der Waals surface area contributed by atoms with E-state index in [1.807, 2.05) is 12.1 Å². The number of carbonyl (C=O) groups is 1. The molecule has 0 saturated carbocycles. The number of alkyl halides is 3. The van der Waals surface area contributed by atoms with Crippen LogP contribution in [0.25, 0.3) is 5.65 Å². The Labute approximate surface area is 243 Å². The molecule has 9 nitrogen and oxygen atoms in total. The molecule has 220 valence electrons. The topological polar surface area (TPSA) is 108 Å². The van der Waals surface area contributed by atoms with Crippen LogP contribution in [-0.2, 0) is 6.18 Å². The summed E-state index contributed by atoms with van der Waals surface area (Å²) < 4.78 is 62.5. The van der Waals surface area contributed by atoms with Crippen molar-refractivity contribution in [1.82, 2.24) is 24.9 Å². The molecule has 0 aliphatic heterocycles. The second kappa shape index (κ2) is 12.3. The molecule has 3 heterocycles. The summed E-state index contributed by atoms with van der Waals surface area (Å²) in [4.78, 5) is 17.5. The monoisotopic (exact) mass is 591 g/mol. The molecular weight excluding hydrogens is 566 g/mol. The zero-order valence-corrected chi connectivity index (χ0v) is 22.9. The smallest absolute Gasteiger partial charge is 0.416 e. The van der Waals surface area contributed by atoms with E-state index in [-0.39, 0.29) is 23.6 Å². The number of hydrogen-bond donors (Lipinski definition) is 4. The number of halogens is 4. The van der Waals surface area contributed by atoms with Crippen LogP contribution in [0.5, 0.6) is 5.75 Å². The maximum atomic E-state index is 14.9. The molecule has 0 aliphatic carbocycles. The van der Waals surface area contributed by atoms with Gasteiger partial charge in [-0.2, -0.15) is 18.3 Å². The van der Waals surface area contributed by atoms with Crippen molar-refractivity contribution < 1.29 is 27.1 Å². The molecule has 3 aromatic heterocycles. The number of carbonyl (C=O) groups excluding carboxylic acids is 1. The number of nitrogens with one attached hydrogen (secondary N) is 4. The van der Waals surface area contributed by atoms with Crippen LogP contribution in [-0.4, -0.2) is 45.7 Å². The first-order valence-electron chi connectivity index (χ1n) is 13.0. The molecule has 0 atom stereocenters. The number of aromatic nitrogens is 4. The zero-order chi connectivity index (χ0) is 30.6. The predicted molar refractivity (Wildman–Crippen MR) is 153 cm³/mol. The number of fused-ring (bicyclic) bond motifs is 1. The molecule has 4 N–H and O–H groups in total. The maximum Gasteiger partial charge on any atom is 0.416 e. The van der Waals surface area contributed by atoms with Crippen LogP contribution in [0.3, 0.4) is 0 Å². The summed E-state index contributed by atoms with van der Waals surface area (Å²) >= 11 is 0. The highest BCUT2D eigenvalue weighted by atomic mass is 19.4. The Hall–Kier alpha value is -5.35. The van der Waals surface area contributed by atoms with Crippen molar-refractivity contribution >= 4 is 28.6 Å². The van der Waals surface area contributed by atoms with Crippen LogP contribution in [0, 0.1) is 24.6 Å². The number of rotatable bonds is 8. The Kier molecular flexibility index (Phi) is 8.31. The van der Waals surface area contributed by atoms with Crippen molar-refractivity contribution in [1.29, 1.82) is 0 Å². The second-order valence-electron chi connectivity index (χ2n) is 9.42. The number of aromatic amines is 1. The quantitative estimate of drug-likeness (QED) is 0.108. The summed E-state index contributed by atoms with van der Waals surface area (Å²) in [5.41, 5.74) is 1.85. The van der Waals surface area contributed by atoms with Gasteiger partial charge in [-0.3, -0.25) is 14.3 Å². The van der Waals surface area contributed by atoms with E-state index in [0.717, 1.165) is 29.6 Å². The van der Waals surface area contributed by atoms with Gasteiger partial charge >= 0.3 is 6.18 Å². The first kappa shape index (κ1) is 29.2. The van der Waals surface area contributed by atoms with Gasteiger partial charge in [-0.1, -0.05) is 5.92 Å². The fourth-order valence-corrected chi connectivity index (χ4v) is 4.18. The van der Waals surface area contributed by atoms with E-state index in [9.17, 15) is 22.4 Å². The molecule has 0 spiro atoms. The number of anilines is 3. The number of hydrogen-bond acceptors (Lipinski definition) is 6. The molecule has 0 saturated heterocycles. The minimum absolute atomic E-state index is 0.0903. The summed E-state index contributed by atoms with van der Waals surface area (Å²) in [6.07, 6.45) is 2.01. The van der Waals surface area contributed by atoms with Crippen LogP contribution in [0.4, 0.5) is 34.6 Å². The van der Waals surface area contributed by atoms with Gasteiger partial charge in [0, 0.05) is 36.3 Å². The number of nitrogens with zero attached hydrogens (tertiary/aromatic N) is 3. The first-order chi connectivity index (χ1) is 20.6.